The van der Waals surface area contributed by atoms with Crippen LogP contribution < -0.4 is 0 Å². The zero-order valence-corrected chi connectivity index (χ0v) is 5.08. The number of aliphatic imine (C=N–C) groups is 1. The van der Waals surface area contributed by atoms with Gasteiger partial charge in [-0.2, -0.15) is 4.99 Å². The van der Waals surface area contributed by atoms with E-state index >= 15 is 0 Å². The number of isocyanates is 1. The van der Waals surface area contributed by atoms with Gasteiger partial charge in [-0.05, 0) is 0 Å². The third-order valence-corrected chi connectivity index (χ3v) is 0.876. The number of hydrogen-bond donors (Lipinski definition) is 1. The van der Waals surface area contributed by atoms with Crippen LogP contribution in [0.25, 0.3) is 0 Å². The smallest absolute Gasteiger partial charge is 0.329 e. The molecule has 56 valence electrons. The third kappa shape index (κ3) is 2.94. The maximum absolute atomic E-state index is 11.5. The summed E-state index contributed by atoms with van der Waals surface area (Å²) >= 11 is 0. The highest BCUT2D eigenvalue weighted by Gasteiger charge is 2.14. The van der Waals surface area contributed by atoms with Crippen molar-refractivity contribution in [2.24, 2.45) is 4.99 Å². The summed E-state index contributed by atoms with van der Waals surface area (Å²) in [4.78, 5) is 22.4. The SMILES string of the molecule is O=C=NC(CCF)C(=O)O. The van der Waals surface area contributed by atoms with Crippen molar-refractivity contribution in [2.45, 2.75) is 12.5 Å². The van der Waals surface area contributed by atoms with E-state index in [1.54, 1.807) is 0 Å². The molecule has 1 unspecified atom stereocenters. The largest absolute Gasteiger partial charge is 0.480 e. The molecule has 0 aliphatic heterocycles. The van der Waals surface area contributed by atoms with Crippen molar-refractivity contribution >= 4 is 12.0 Å². The lowest BCUT2D eigenvalue weighted by molar-refractivity contribution is -0.138. The van der Waals surface area contributed by atoms with Gasteiger partial charge in [0.25, 0.3) is 0 Å². The van der Waals surface area contributed by atoms with Crippen LogP contribution in [-0.2, 0) is 9.59 Å². The van der Waals surface area contributed by atoms with Crippen LogP contribution in [0.3, 0.4) is 0 Å². The second kappa shape index (κ2) is 4.64. The Labute approximate surface area is 56.4 Å². The van der Waals surface area contributed by atoms with Gasteiger partial charge >= 0.3 is 5.97 Å². The molecule has 0 saturated heterocycles. The molecule has 0 saturated carbocycles. The van der Waals surface area contributed by atoms with Crippen LogP contribution in [0.5, 0.6) is 0 Å². The summed E-state index contributed by atoms with van der Waals surface area (Å²) < 4.78 is 11.5. The van der Waals surface area contributed by atoms with Crippen molar-refractivity contribution in [3.05, 3.63) is 0 Å². The highest BCUT2D eigenvalue weighted by atomic mass is 19.1. The number of alkyl halides is 1. The Morgan fingerprint density at radius 2 is 2.40 bits per heavy atom. The maximum Gasteiger partial charge on any atom is 0.329 e. The summed E-state index contributed by atoms with van der Waals surface area (Å²) in [5.41, 5.74) is 0. The first-order chi connectivity index (χ1) is 4.72. The summed E-state index contributed by atoms with van der Waals surface area (Å²) in [6, 6.07) is -1.28. The van der Waals surface area contributed by atoms with E-state index in [9.17, 15) is 14.0 Å². The Balaban J connectivity index is 3.97. The number of aliphatic carboxylic acids is 1. The minimum atomic E-state index is -1.30. The first-order valence-electron chi connectivity index (χ1n) is 2.58. The number of carbonyl (C=O) groups is 1. The van der Waals surface area contributed by atoms with Gasteiger partial charge in [-0.15, -0.1) is 0 Å². The Morgan fingerprint density at radius 1 is 1.80 bits per heavy atom. The van der Waals surface area contributed by atoms with E-state index in [2.05, 4.69) is 4.99 Å². The fourth-order valence-electron chi connectivity index (χ4n) is 0.410. The van der Waals surface area contributed by atoms with Gasteiger partial charge in [0.2, 0.25) is 6.08 Å². The molecule has 0 aliphatic carbocycles. The third-order valence-electron chi connectivity index (χ3n) is 0.876. The van der Waals surface area contributed by atoms with E-state index in [-0.39, 0.29) is 6.42 Å². The van der Waals surface area contributed by atoms with Gasteiger partial charge in [-0.25, -0.2) is 9.59 Å². The highest BCUT2D eigenvalue weighted by Crippen LogP contribution is 1.96. The Bertz CT molecular complexity index is 162. The van der Waals surface area contributed by atoms with E-state index in [4.69, 9.17) is 5.11 Å². The molecule has 5 heteroatoms. The highest BCUT2D eigenvalue weighted by molar-refractivity contribution is 5.74. The number of nitrogens with zero attached hydrogens (tertiary/aromatic N) is 1. The molecule has 0 aromatic carbocycles. The molecule has 1 atom stereocenters. The molecule has 4 nitrogen and oxygen atoms in total. The molecule has 0 aliphatic rings. The van der Waals surface area contributed by atoms with Gasteiger partial charge in [0.1, 0.15) is 0 Å². The van der Waals surface area contributed by atoms with Crippen LogP contribution in [0.2, 0.25) is 0 Å². The molecule has 0 spiro atoms. The van der Waals surface area contributed by atoms with Crippen LogP contribution in [0, 0.1) is 0 Å². The van der Waals surface area contributed by atoms with Gasteiger partial charge < -0.3 is 5.11 Å². The van der Waals surface area contributed by atoms with Gasteiger partial charge in [-0.1, -0.05) is 0 Å². The number of carbonyl (C=O) groups excluding carboxylic acids is 1. The minimum Gasteiger partial charge on any atom is -0.480 e. The maximum atomic E-state index is 11.5. The van der Waals surface area contributed by atoms with Gasteiger partial charge in [0, 0.05) is 6.42 Å². The lowest BCUT2D eigenvalue weighted by atomic mass is 10.2. The zero-order chi connectivity index (χ0) is 7.98. The van der Waals surface area contributed by atoms with Gasteiger partial charge in [0.05, 0.1) is 6.67 Å². The standard InChI is InChI=1S/C5H6FNO3/c6-2-1-4(5(9)10)7-3-8/h4H,1-2H2,(H,9,10). The zero-order valence-electron chi connectivity index (χ0n) is 5.08. The van der Waals surface area contributed by atoms with Gasteiger partial charge in [0.15, 0.2) is 6.04 Å². The quantitative estimate of drug-likeness (QED) is 0.454. The second-order valence-electron chi connectivity index (χ2n) is 1.55. The topological polar surface area (TPSA) is 66.7 Å². The van der Waals surface area contributed by atoms with Crippen LogP contribution in [0.1, 0.15) is 6.42 Å². The van der Waals surface area contributed by atoms with Gasteiger partial charge in [-0.3, -0.25) is 4.39 Å². The second-order valence-corrected chi connectivity index (χ2v) is 1.55. The van der Waals surface area contributed by atoms with Crippen LogP contribution >= 0.6 is 0 Å². The molecular weight excluding hydrogens is 141 g/mol. The number of rotatable bonds is 4. The first-order valence-corrected chi connectivity index (χ1v) is 2.58. The fraction of sp³-hybridized carbons (Fsp3) is 0.600. The number of hydrogen-bond acceptors (Lipinski definition) is 3. The van der Waals surface area contributed by atoms with E-state index in [0.717, 1.165) is 6.08 Å². The molecule has 0 aromatic rings. The molecular formula is C5H6FNO3. The molecule has 0 radical (unpaired) electrons. The lowest BCUT2D eigenvalue weighted by Gasteiger charge is -1.98. The van der Waals surface area contributed by atoms with Crippen molar-refractivity contribution in [1.82, 2.24) is 0 Å². The van der Waals surface area contributed by atoms with Crippen molar-refractivity contribution in [3.8, 4) is 0 Å². The molecule has 0 rings (SSSR count). The summed E-state index contributed by atoms with van der Waals surface area (Å²) in [5.74, 6) is -1.30. The number of carboxylic acids is 1. The average molecular weight is 147 g/mol. The first kappa shape index (κ1) is 8.78. The van der Waals surface area contributed by atoms with Crippen molar-refractivity contribution in [3.63, 3.8) is 0 Å². The van der Waals surface area contributed by atoms with E-state index < -0.39 is 18.7 Å². The van der Waals surface area contributed by atoms with Crippen LogP contribution in [-0.4, -0.2) is 29.9 Å². The summed E-state index contributed by atoms with van der Waals surface area (Å²) in [6.45, 7) is -0.803. The van der Waals surface area contributed by atoms with E-state index in [1.165, 1.54) is 0 Å². The summed E-state index contributed by atoms with van der Waals surface area (Å²) in [5, 5.41) is 8.20. The monoisotopic (exact) mass is 147 g/mol. The average Bonchev–Trinajstić information content (AvgIpc) is 1.87. The molecule has 1 N–H and O–H groups in total. The molecule has 0 heterocycles. The predicted molar refractivity (Wildman–Crippen MR) is 30.1 cm³/mol. The van der Waals surface area contributed by atoms with Crippen LogP contribution in [0.4, 0.5) is 4.39 Å². The van der Waals surface area contributed by atoms with Crippen molar-refractivity contribution < 1.29 is 19.1 Å². The fourth-order valence-corrected chi connectivity index (χ4v) is 0.410. The molecule has 0 fully saturated rings. The number of halogens is 1. The number of carboxylic acid groups (broad SMARTS) is 1. The molecule has 0 amide bonds. The Hall–Kier alpha value is -1.22. The Kier molecular flexibility index (Phi) is 4.07. The predicted octanol–water partition coefficient (Wildman–Crippen LogP) is 0.135. The van der Waals surface area contributed by atoms with E-state index in [0.29, 0.717) is 0 Å². The molecule has 10 heavy (non-hydrogen) atoms. The Morgan fingerprint density at radius 3 is 2.70 bits per heavy atom. The normalized spacial score (nSPS) is 11.7. The van der Waals surface area contributed by atoms with E-state index in [1.807, 2.05) is 0 Å². The van der Waals surface area contributed by atoms with Crippen LogP contribution in [0.15, 0.2) is 4.99 Å². The van der Waals surface area contributed by atoms with Crippen molar-refractivity contribution in [2.75, 3.05) is 6.67 Å². The summed E-state index contributed by atoms with van der Waals surface area (Å²) in [7, 11) is 0. The lowest BCUT2D eigenvalue weighted by Crippen LogP contribution is -2.17. The summed E-state index contributed by atoms with van der Waals surface area (Å²) in [6.07, 6.45) is 0.788. The molecule has 0 bridgehead atoms. The minimum absolute atomic E-state index is 0.273. The van der Waals surface area contributed by atoms with Crippen molar-refractivity contribution in [1.29, 1.82) is 0 Å². The molecule has 0 aromatic heterocycles.